The second-order valence-corrected chi connectivity index (χ2v) is 14.0. The number of hydrogen-bond donors (Lipinski definition) is 2. The maximum absolute atomic E-state index is 13.0. The average Bonchev–Trinajstić information content (AvgIpc) is 3.19. The molecule has 3 unspecified atom stereocenters. The number of thioether (sulfide) groups is 1. The SMILES string of the molecule is CC1CC2CC(C1)CC(C)(CNCCCCCCSc1cccc3c1CN(C1CCC(=O)NC1=O)C3=O)C2. The number of imide groups is 1. The van der Waals surface area contributed by atoms with Crippen LogP contribution in [-0.2, 0) is 16.1 Å². The van der Waals surface area contributed by atoms with E-state index in [1.54, 1.807) is 4.90 Å². The molecular weight excluding hydrogens is 494 g/mol. The zero-order valence-corrected chi connectivity index (χ0v) is 24.0. The van der Waals surface area contributed by atoms with E-state index in [1.807, 2.05) is 23.9 Å². The van der Waals surface area contributed by atoms with Crippen LogP contribution in [0.5, 0.6) is 0 Å². The molecule has 38 heavy (non-hydrogen) atoms. The third-order valence-electron chi connectivity index (χ3n) is 9.30. The molecule has 3 amide bonds. The normalized spacial score (nSPS) is 30.9. The lowest BCUT2D eigenvalue weighted by Gasteiger charge is -2.47. The quantitative estimate of drug-likeness (QED) is 0.219. The Morgan fingerprint density at radius 1 is 1.05 bits per heavy atom. The highest BCUT2D eigenvalue weighted by atomic mass is 32.2. The van der Waals surface area contributed by atoms with Gasteiger partial charge in [-0.2, -0.15) is 0 Å². The van der Waals surface area contributed by atoms with Crippen molar-refractivity contribution in [1.82, 2.24) is 15.5 Å². The van der Waals surface area contributed by atoms with Gasteiger partial charge < -0.3 is 10.2 Å². The number of carbonyl (C=O) groups excluding carboxylic acids is 3. The van der Waals surface area contributed by atoms with Gasteiger partial charge in [0.15, 0.2) is 0 Å². The largest absolute Gasteiger partial charge is 0.322 e. The van der Waals surface area contributed by atoms with E-state index in [0.29, 0.717) is 23.9 Å². The molecule has 0 radical (unpaired) electrons. The number of unbranched alkanes of at least 4 members (excludes halogenated alkanes) is 3. The summed E-state index contributed by atoms with van der Waals surface area (Å²) in [6, 6.07) is 5.35. The van der Waals surface area contributed by atoms with Gasteiger partial charge in [0.25, 0.3) is 5.91 Å². The summed E-state index contributed by atoms with van der Waals surface area (Å²) in [6.07, 6.45) is 12.8. The minimum absolute atomic E-state index is 0.0932. The summed E-state index contributed by atoms with van der Waals surface area (Å²) < 4.78 is 0. The van der Waals surface area contributed by atoms with Crippen molar-refractivity contribution in [1.29, 1.82) is 0 Å². The van der Waals surface area contributed by atoms with E-state index in [-0.39, 0.29) is 24.1 Å². The van der Waals surface area contributed by atoms with Crippen LogP contribution in [0.4, 0.5) is 0 Å². The molecule has 2 N–H and O–H groups in total. The number of carbonyl (C=O) groups is 3. The topological polar surface area (TPSA) is 78.5 Å². The molecule has 208 valence electrons. The molecule has 2 aliphatic carbocycles. The van der Waals surface area contributed by atoms with E-state index >= 15 is 0 Å². The predicted molar refractivity (Wildman–Crippen MR) is 152 cm³/mol. The predicted octanol–water partition coefficient (Wildman–Crippen LogP) is 5.54. The van der Waals surface area contributed by atoms with Gasteiger partial charge in [0.1, 0.15) is 6.04 Å². The van der Waals surface area contributed by atoms with E-state index in [9.17, 15) is 14.4 Å². The molecular formula is C31H45N3O3S. The van der Waals surface area contributed by atoms with Crippen molar-refractivity contribution in [3.05, 3.63) is 29.3 Å². The smallest absolute Gasteiger partial charge is 0.255 e. The molecule has 1 aromatic rings. The lowest BCUT2D eigenvalue weighted by Crippen LogP contribution is -2.52. The zero-order chi connectivity index (χ0) is 26.7. The molecule has 3 fully saturated rings. The second kappa shape index (κ2) is 12.1. The number of fused-ring (bicyclic) bond motifs is 3. The summed E-state index contributed by atoms with van der Waals surface area (Å²) in [7, 11) is 0. The minimum atomic E-state index is -0.553. The molecule has 2 aliphatic heterocycles. The lowest BCUT2D eigenvalue weighted by atomic mass is 9.59. The standard InChI is InChI=1S/C31H45N3O3S/c1-21-14-22-16-23(15-21)18-31(2,17-22)20-32-12-5-3-4-6-13-38-27-9-7-8-24-25(27)19-34(30(24)37)26-10-11-28(35)33-29(26)36/h7-9,21-23,26,32H,3-6,10-20H2,1-2H3,(H,33,35,36). The third kappa shape index (κ3) is 6.47. The number of piperidine rings is 1. The molecule has 2 bridgehead atoms. The molecule has 2 saturated carbocycles. The molecule has 7 heteroatoms. The first-order valence-electron chi connectivity index (χ1n) is 14.9. The first-order valence-corrected chi connectivity index (χ1v) is 15.9. The first kappa shape index (κ1) is 27.7. The van der Waals surface area contributed by atoms with Crippen LogP contribution in [-0.4, -0.2) is 47.5 Å². The van der Waals surface area contributed by atoms with Crippen molar-refractivity contribution in [2.45, 2.75) is 102 Å². The number of nitrogens with zero attached hydrogens (tertiary/aromatic N) is 1. The lowest BCUT2D eigenvalue weighted by molar-refractivity contribution is -0.136. The Bertz CT molecular complexity index is 1030. The summed E-state index contributed by atoms with van der Waals surface area (Å²) in [5.74, 6) is 3.21. The Hall–Kier alpha value is -1.86. The molecule has 5 rings (SSSR count). The fraction of sp³-hybridized carbons (Fsp3) is 0.710. The number of rotatable bonds is 11. The third-order valence-corrected chi connectivity index (χ3v) is 10.5. The molecule has 6 nitrogen and oxygen atoms in total. The van der Waals surface area contributed by atoms with Crippen molar-refractivity contribution in [3.63, 3.8) is 0 Å². The van der Waals surface area contributed by atoms with Crippen LogP contribution < -0.4 is 10.6 Å². The van der Waals surface area contributed by atoms with E-state index in [0.717, 1.165) is 40.5 Å². The Morgan fingerprint density at radius 3 is 2.58 bits per heavy atom. The van der Waals surface area contributed by atoms with Crippen LogP contribution in [0.15, 0.2) is 23.1 Å². The van der Waals surface area contributed by atoms with Crippen molar-refractivity contribution in [2.24, 2.45) is 23.2 Å². The fourth-order valence-corrected chi connectivity index (χ4v) is 8.92. The maximum atomic E-state index is 13.0. The zero-order valence-electron chi connectivity index (χ0n) is 23.2. The number of benzene rings is 1. The van der Waals surface area contributed by atoms with Gasteiger partial charge >= 0.3 is 0 Å². The molecule has 4 aliphatic rings. The number of nitrogens with one attached hydrogen (secondary N) is 2. The minimum Gasteiger partial charge on any atom is -0.322 e. The highest BCUT2D eigenvalue weighted by Crippen LogP contribution is 2.49. The van der Waals surface area contributed by atoms with Crippen molar-refractivity contribution >= 4 is 29.5 Å². The van der Waals surface area contributed by atoms with Crippen LogP contribution in [0.3, 0.4) is 0 Å². The summed E-state index contributed by atoms with van der Waals surface area (Å²) in [5.41, 5.74) is 2.23. The van der Waals surface area contributed by atoms with Crippen LogP contribution in [0.25, 0.3) is 0 Å². The van der Waals surface area contributed by atoms with Gasteiger partial charge in [-0.25, -0.2) is 0 Å². The Balaban J connectivity index is 0.986. The van der Waals surface area contributed by atoms with Gasteiger partial charge in [0.2, 0.25) is 11.8 Å². The monoisotopic (exact) mass is 539 g/mol. The van der Waals surface area contributed by atoms with Crippen LogP contribution >= 0.6 is 11.8 Å². The molecule has 0 spiro atoms. The maximum Gasteiger partial charge on any atom is 0.255 e. The Labute approximate surface area is 232 Å². The Kier molecular flexibility index (Phi) is 8.83. The second-order valence-electron chi connectivity index (χ2n) is 12.9. The summed E-state index contributed by atoms with van der Waals surface area (Å²) >= 11 is 1.82. The Morgan fingerprint density at radius 2 is 1.82 bits per heavy atom. The average molecular weight is 540 g/mol. The fourth-order valence-electron chi connectivity index (χ4n) is 7.82. The van der Waals surface area contributed by atoms with Gasteiger partial charge in [-0.1, -0.05) is 32.8 Å². The van der Waals surface area contributed by atoms with E-state index in [2.05, 4.69) is 30.5 Å². The molecule has 2 heterocycles. The summed E-state index contributed by atoms with van der Waals surface area (Å²) in [5, 5.41) is 6.17. The summed E-state index contributed by atoms with van der Waals surface area (Å²) in [4.78, 5) is 39.6. The van der Waals surface area contributed by atoms with Crippen LogP contribution in [0, 0.1) is 23.2 Å². The van der Waals surface area contributed by atoms with Crippen LogP contribution in [0.1, 0.15) is 100 Å². The van der Waals surface area contributed by atoms with E-state index in [4.69, 9.17) is 0 Å². The molecule has 1 aromatic carbocycles. The molecule has 1 saturated heterocycles. The number of amides is 3. The van der Waals surface area contributed by atoms with Crippen LogP contribution in [0.2, 0.25) is 0 Å². The van der Waals surface area contributed by atoms with E-state index < -0.39 is 6.04 Å². The van der Waals surface area contributed by atoms with Gasteiger partial charge in [0.05, 0.1) is 0 Å². The van der Waals surface area contributed by atoms with Gasteiger partial charge in [-0.15, -0.1) is 11.8 Å². The van der Waals surface area contributed by atoms with Crippen molar-refractivity contribution < 1.29 is 14.4 Å². The van der Waals surface area contributed by atoms with Crippen molar-refractivity contribution in [3.8, 4) is 0 Å². The molecule has 0 aromatic heterocycles. The van der Waals surface area contributed by atoms with Crippen molar-refractivity contribution in [2.75, 3.05) is 18.8 Å². The van der Waals surface area contributed by atoms with Gasteiger partial charge in [0, 0.05) is 30.0 Å². The number of hydrogen-bond acceptors (Lipinski definition) is 5. The van der Waals surface area contributed by atoms with E-state index in [1.165, 1.54) is 64.3 Å². The van der Waals surface area contributed by atoms with Gasteiger partial charge in [-0.3, -0.25) is 19.7 Å². The first-order chi connectivity index (χ1) is 18.3. The highest BCUT2D eigenvalue weighted by Gasteiger charge is 2.41. The highest BCUT2D eigenvalue weighted by molar-refractivity contribution is 7.99. The summed E-state index contributed by atoms with van der Waals surface area (Å²) in [6.45, 7) is 7.72. The van der Waals surface area contributed by atoms with Gasteiger partial charge in [-0.05, 0) is 105 Å². The molecule has 3 atom stereocenters.